The maximum atomic E-state index is 14.1. The van der Waals surface area contributed by atoms with Crippen molar-refractivity contribution in [1.82, 2.24) is 4.98 Å². The monoisotopic (exact) mass is 355 g/mol. The molecule has 1 fully saturated rings. The highest BCUT2D eigenvalue weighted by molar-refractivity contribution is 7.90. The third-order valence-corrected chi connectivity index (χ3v) is 5.15. The molecule has 1 N–H and O–H groups in total. The molecule has 0 saturated heterocycles. The number of nitrogens with zero attached hydrogens (tertiary/aromatic N) is 1. The minimum Gasteiger partial charge on any atom is -0.474 e. The van der Waals surface area contributed by atoms with Gasteiger partial charge in [-0.05, 0) is 0 Å². The van der Waals surface area contributed by atoms with Crippen LogP contribution in [0.4, 0.5) is 17.6 Å². The maximum Gasteiger partial charge on any atom is 0.312 e. The number of aliphatic hydroxyl groups excluding tert-OH is 1. The van der Waals surface area contributed by atoms with Crippen LogP contribution < -0.4 is 4.74 Å². The van der Waals surface area contributed by atoms with Gasteiger partial charge in [0.15, 0.2) is 16.0 Å². The zero-order chi connectivity index (χ0) is 17.2. The molecule has 3 rings (SSSR count). The van der Waals surface area contributed by atoms with Crippen LogP contribution in [0.2, 0.25) is 0 Å². The van der Waals surface area contributed by atoms with Crippen LogP contribution in [0.1, 0.15) is 36.2 Å². The van der Waals surface area contributed by atoms with E-state index in [1.807, 2.05) is 0 Å². The van der Waals surface area contributed by atoms with Gasteiger partial charge < -0.3 is 9.84 Å². The lowest BCUT2D eigenvalue weighted by Crippen LogP contribution is -2.35. The van der Waals surface area contributed by atoms with Gasteiger partial charge in [0.05, 0.1) is 10.5 Å². The van der Waals surface area contributed by atoms with Crippen LogP contribution in [0.3, 0.4) is 0 Å². The number of hydrogen-bond acceptors (Lipinski definition) is 5. The summed E-state index contributed by atoms with van der Waals surface area (Å²) in [6, 6.07) is 0. The SMILES string of the molecule is CS(=O)(=O)c1cnc(O[C@H]2C[C@H](F)C2)c2c1[C@H](O)C(F)(F)[C@@H]2F. The van der Waals surface area contributed by atoms with Crippen molar-refractivity contribution in [3.8, 4) is 5.88 Å². The van der Waals surface area contributed by atoms with Gasteiger partial charge in [-0.2, -0.15) is 8.78 Å². The molecule has 128 valence electrons. The number of fused-ring (bicyclic) bond motifs is 1. The van der Waals surface area contributed by atoms with E-state index in [1.54, 1.807) is 0 Å². The highest BCUT2D eigenvalue weighted by atomic mass is 32.2. The Morgan fingerprint density at radius 3 is 2.43 bits per heavy atom. The molecule has 0 bridgehead atoms. The summed E-state index contributed by atoms with van der Waals surface area (Å²) in [4.78, 5) is 2.93. The van der Waals surface area contributed by atoms with Crippen molar-refractivity contribution in [2.45, 2.75) is 48.2 Å². The molecule has 0 unspecified atom stereocenters. The average molecular weight is 355 g/mol. The van der Waals surface area contributed by atoms with Crippen LogP contribution in [0, 0.1) is 0 Å². The number of hydrogen-bond donors (Lipinski definition) is 1. The first-order chi connectivity index (χ1) is 10.5. The van der Waals surface area contributed by atoms with E-state index in [4.69, 9.17) is 4.74 Å². The van der Waals surface area contributed by atoms with Gasteiger partial charge in [0.1, 0.15) is 18.4 Å². The van der Waals surface area contributed by atoms with Crippen LogP contribution in [-0.2, 0) is 9.84 Å². The Bertz CT molecular complexity index is 749. The van der Waals surface area contributed by atoms with Crippen molar-refractivity contribution >= 4 is 9.84 Å². The average Bonchev–Trinajstić information content (AvgIpc) is 2.58. The predicted octanol–water partition coefficient (Wildman–Crippen LogP) is 2.06. The summed E-state index contributed by atoms with van der Waals surface area (Å²) in [6.45, 7) is 0. The molecule has 0 radical (unpaired) electrons. The molecule has 1 saturated carbocycles. The minimum absolute atomic E-state index is 0.0141. The van der Waals surface area contributed by atoms with Crippen LogP contribution in [0.25, 0.3) is 0 Å². The van der Waals surface area contributed by atoms with Gasteiger partial charge in [0.2, 0.25) is 5.88 Å². The Balaban J connectivity index is 2.12. The smallest absolute Gasteiger partial charge is 0.312 e. The third kappa shape index (κ3) is 2.47. The fraction of sp³-hybridized carbons (Fsp3) is 0.615. The topological polar surface area (TPSA) is 76.5 Å². The normalized spacial score (nSPS) is 32.3. The lowest BCUT2D eigenvalue weighted by molar-refractivity contribution is -0.144. The second-order valence-electron chi connectivity index (χ2n) is 5.78. The molecular formula is C13H13F4NO4S. The number of alkyl halides is 4. The van der Waals surface area contributed by atoms with Gasteiger partial charge in [0.25, 0.3) is 0 Å². The number of rotatable bonds is 3. The Morgan fingerprint density at radius 2 is 1.91 bits per heavy atom. The van der Waals surface area contributed by atoms with E-state index >= 15 is 0 Å². The maximum absolute atomic E-state index is 14.1. The van der Waals surface area contributed by atoms with Crippen LogP contribution in [0.5, 0.6) is 5.88 Å². The van der Waals surface area contributed by atoms with Crippen molar-refractivity contribution < 1.29 is 35.8 Å². The van der Waals surface area contributed by atoms with E-state index in [-0.39, 0.29) is 12.8 Å². The molecule has 10 heteroatoms. The summed E-state index contributed by atoms with van der Waals surface area (Å²) in [5.41, 5.74) is -1.53. The largest absolute Gasteiger partial charge is 0.474 e. The number of pyridine rings is 1. The summed E-state index contributed by atoms with van der Waals surface area (Å²) in [5.74, 6) is -4.74. The van der Waals surface area contributed by atoms with Crippen LogP contribution in [-0.4, -0.2) is 43.0 Å². The summed E-state index contributed by atoms with van der Waals surface area (Å²) in [5, 5.41) is 9.70. The van der Waals surface area contributed by atoms with Crippen LogP contribution in [0.15, 0.2) is 11.1 Å². The van der Waals surface area contributed by atoms with Crippen molar-refractivity contribution in [2.24, 2.45) is 0 Å². The molecule has 0 amide bonds. The minimum atomic E-state index is -4.20. The van der Waals surface area contributed by atoms with Gasteiger partial charge in [-0.15, -0.1) is 0 Å². The third-order valence-electron chi connectivity index (χ3n) is 4.03. The molecule has 0 aliphatic heterocycles. The Morgan fingerprint density at radius 1 is 1.30 bits per heavy atom. The summed E-state index contributed by atoms with van der Waals surface area (Å²) < 4.78 is 83.1. The lowest BCUT2D eigenvalue weighted by Gasteiger charge is -2.30. The molecule has 23 heavy (non-hydrogen) atoms. The van der Waals surface area contributed by atoms with Crippen molar-refractivity contribution in [3.05, 3.63) is 17.3 Å². The number of aliphatic hydroxyl groups is 1. The second-order valence-corrected chi connectivity index (χ2v) is 7.76. The number of sulfone groups is 1. The van der Waals surface area contributed by atoms with Gasteiger partial charge >= 0.3 is 5.92 Å². The molecule has 2 aliphatic carbocycles. The van der Waals surface area contributed by atoms with Crippen molar-refractivity contribution in [1.29, 1.82) is 0 Å². The molecular weight excluding hydrogens is 342 g/mol. The molecule has 2 atom stereocenters. The standard InChI is InChI=1S/C13H13F4NO4S/c1-23(20,21)7-4-18-12(22-6-2-5(14)3-6)9-8(7)11(19)13(16,17)10(9)15/h4-6,10-11,19H,2-3H2,1H3/t5-,6-,10-,11+/m1/s1. The molecule has 1 aromatic rings. The van der Waals surface area contributed by atoms with Gasteiger partial charge in [0, 0.05) is 30.9 Å². The van der Waals surface area contributed by atoms with Crippen molar-refractivity contribution in [2.75, 3.05) is 6.26 Å². The van der Waals surface area contributed by atoms with Crippen molar-refractivity contribution in [3.63, 3.8) is 0 Å². The first kappa shape index (κ1) is 16.4. The zero-order valence-corrected chi connectivity index (χ0v) is 12.7. The van der Waals surface area contributed by atoms with E-state index in [9.17, 15) is 31.1 Å². The predicted molar refractivity (Wildman–Crippen MR) is 69.6 cm³/mol. The lowest BCUT2D eigenvalue weighted by atomic mass is 9.93. The molecule has 1 aromatic heterocycles. The molecule has 2 aliphatic rings. The number of halogens is 4. The first-order valence-electron chi connectivity index (χ1n) is 6.77. The fourth-order valence-electron chi connectivity index (χ4n) is 2.70. The van der Waals surface area contributed by atoms with Crippen LogP contribution >= 0.6 is 0 Å². The Kier molecular flexibility index (Phi) is 3.60. The summed E-state index contributed by atoms with van der Waals surface area (Å²) in [7, 11) is -4.02. The summed E-state index contributed by atoms with van der Waals surface area (Å²) in [6.07, 6.45) is -5.81. The van der Waals surface area contributed by atoms with E-state index < -0.39 is 62.2 Å². The molecule has 0 spiro atoms. The van der Waals surface area contributed by atoms with Gasteiger partial charge in [-0.3, -0.25) is 0 Å². The Hall–Kier alpha value is -1.42. The quantitative estimate of drug-likeness (QED) is 0.840. The highest BCUT2D eigenvalue weighted by Gasteiger charge is 2.59. The molecule has 5 nitrogen and oxygen atoms in total. The Labute approximate surface area is 129 Å². The van der Waals surface area contributed by atoms with E-state index in [1.165, 1.54) is 0 Å². The van der Waals surface area contributed by atoms with E-state index in [0.717, 1.165) is 12.5 Å². The highest BCUT2D eigenvalue weighted by Crippen LogP contribution is 2.56. The number of ether oxygens (including phenoxy) is 1. The zero-order valence-electron chi connectivity index (χ0n) is 11.8. The van der Waals surface area contributed by atoms with Gasteiger partial charge in [-0.1, -0.05) is 0 Å². The summed E-state index contributed by atoms with van der Waals surface area (Å²) >= 11 is 0. The van der Waals surface area contributed by atoms with E-state index in [2.05, 4.69) is 4.98 Å². The number of aromatic nitrogens is 1. The fourth-order valence-corrected chi connectivity index (χ4v) is 3.56. The molecule has 1 heterocycles. The second kappa shape index (κ2) is 5.04. The van der Waals surface area contributed by atoms with Gasteiger partial charge in [-0.25, -0.2) is 22.2 Å². The molecule has 0 aromatic carbocycles. The first-order valence-corrected chi connectivity index (χ1v) is 8.66. The van der Waals surface area contributed by atoms with E-state index in [0.29, 0.717) is 0 Å².